The second kappa shape index (κ2) is 12.5. The van der Waals surface area contributed by atoms with Gasteiger partial charge < -0.3 is 24.8 Å². The summed E-state index contributed by atoms with van der Waals surface area (Å²) in [5.41, 5.74) is 4.64. The van der Waals surface area contributed by atoms with E-state index in [0.717, 1.165) is 28.1 Å². The molecule has 2 aromatic rings. The number of carboxylic acid groups (broad SMARTS) is 1. The van der Waals surface area contributed by atoms with Crippen LogP contribution in [0.25, 0.3) is 5.57 Å². The van der Waals surface area contributed by atoms with E-state index < -0.39 is 23.4 Å². The highest BCUT2D eigenvalue weighted by atomic mass is 35.5. The third-order valence-electron chi connectivity index (χ3n) is 8.48. The highest BCUT2D eigenvalue weighted by molar-refractivity contribution is 6.32. The van der Waals surface area contributed by atoms with E-state index >= 15 is 0 Å². The van der Waals surface area contributed by atoms with Crippen LogP contribution in [0.3, 0.4) is 0 Å². The van der Waals surface area contributed by atoms with E-state index in [9.17, 15) is 19.8 Å². The molecule has 0 bridgehead atoms. The molecule has 44 heavy (non-hydrogen) atoms. The van der Waals surface area contributed by atoms with Gasteiger partial charge in [0.05, 0.1) is 30.0 Å². The molecule has 3 aliphatic rings. The van der Waals surface area contributed by atoms with Crippen molar-refractivity contribution >= 4 is 34.8 Å². The number of aliphatic hydroxyl groups is 1. The number of nitrogens with one attached hydrogen (secondary N) is 1. The van der Waals surface area contributed by atoms with Crippen LogP contribution in [0.2, 0.25) is 0 Å². The summed E-state index contributed by atoms with van der Waals surface area (Å²) in [5, 5.41) is 23.8. The van der Waals surface area contributed by atoms with Crippen molar-refractivity contribution in [3.05, 3.63) is 111 Å². The normalized spacial score (nSPS) is 20.5. The van der Waals surface area contributed by atoms with E-state index in [2.05, 4.69) is 5.32 Å². The third kappa shape index (κ3) is 6.51. The van der Waals surface area contributed by atoms with Crippen LogP contribution in [0.1, 0.15) is 63.2 Å². The van der Waals surface area contributed by atoms with Crippen LogP contribution in [0.15, 0.2) is 98.2 Å². The van der Waals surface area contributed by atoms with Gasteiger partial charge in [-0.05, 0) is 81.2 Å². The summed E-state index contributed by atoms with van der Waals surface area (Å²) < 4.78 is 5.98. The first-order chi connectivity index (χ1) is 20.8. The quantitative estimate of drug-likeness (QED) is 0.306. The molecule has 1 amide bonds. The summed E-state index contributed by atoms with van der Waals surface area (Å²) >= 11 is 6.85. The number of carboxylic acids is 1. The van der Waals surface area contributed by atoms with Crippen molar-refractivity contribution in [2.24, 2.45) is 16.8 Å². The monoisotopic (exact) mass is 615 g/mol. The summed E-state index contributed by atoms with van der Waals surface area (Å²) in [7, 11) is 0. The molecule has 3 N–H and O–H groups in total. The number of halogens is 1. The molecule has 8 nitrogen and oxygen atoms in total. The number of aliphatic carboxylic acids is 1. The van der Waals surface area contributed by atoms with Crippen molar-refractivity contribution in [2.45, 2.75) is 52.7 Å². The molecular weight excluding hydrogens is 578 g/mol. The molecule has 0 saturated carbocycles. The Labute approximate surface area is 262 Å². The minimum absolute atomic E-state index is 0.0793. The van der Waals surface area contributed by atoms with Gasteiger partial charge in [-0.15, -0.1) is 0 Å². The molecule has 3 heterocycles. The van der Waals surface area contributed by atoms with Crippen LogP contribution in [0.5, 0.6) is 0 Å². The summed E-state index contributed by atoms with van der Waals surface area (Å²) in [6.07, 6.45) is 9.73. The summed E-state index contributed by atoms with van der Waals surface area (Å²) in [5.74, 6) is -1.26. The van der Waals surface area contributed by atoms with Crippen molar-refractivity contribution < 1.29 is 24.2 Å². The molecule has 1 aromatic heterocycles. The first kappa shape index (κ1) is 31.3. The Morgan fingerprint density at radius 1 is 1.18 bits per heavy atom. The highest BCUT2D eigenvalue weighted by Crippen LogP contribution is 2.36. The van der Waals surface area contributed by atoms with Gasteiger partial charge >= 0.3 is 5.97 Å². The molecule has 230 valence electrons. The number of rotatable bonds is 9. The number of hydrogen-bond donors (Lipinski definition) is 3. The molecule has 0 spiro atoms. The number of carbonyl (C=O) groups excluding carboxylic acids is 1. The molecule has 5 rings (SSSR count). The standard InChI is InChI=1S/C35H38ClN3O5/c1-20-22(3)38-29-12-7-6-11-27(29)32(20)33(40)39(18-26-13-14-31(44-26)35(4,5)43)19-30-28(36)16-25(17-37-30)24-10-8-9-23(15-24)21(2)34(41)42/h6-16,21,27,32,37,43H,17-19H2,1-5H3,(H,41,42). The fourth-order valence-electron chi connectivity index (χ4n) is 5.68. The highest BCUT2D eigenvalue weighted by Gasteiger charge is 2.38. The van der Waals surface area contributed by atoms with Crippen molar-refractivity contribution in [2.75, 3.05) is 13.1 Å². The Morgan fingerprint density at radius 2 is 1.95 bits per heavy atom. The Bertz CT molecular complexity index is 1670. The number of carbonyl (C=O) groups is 2. The molecule has 3 atom stereocenters. The Balaban J connectivity index is 1.47. The fourth-order valence-corrected chi connectivity index (χ4v) is 5.94. The zero-order valence-corrected chi connectivity index (χ0v) is 26.4. The number of dihydropyridines is 1. The lowest BCUT2D eigenvalue weighted by atomic mass is 9.77. The molecular formula is C35H38ClN3O5. The first-order valence-corrected chi connectivity index (χ1v) is 15.1. The molecule has 0 fully saturated rings. The van der Waals surface area contributed by atoms with Gasteiger partial charge in [0.25, 0.3) is 0 Å². The molecule has 0 saturated heterocycles. The molecule has 2 aliphatic heterocycles. The van der Waals surface area contributed by atoms with Gasteiger partial charge in [-0.2, -0.15) is 0 Å². The smallest absolute Gasteiger partial charge is 0.310 e. The van der Waals surface area contributed by atoms with Crippen LogP contribution in [-0.2, 0) is 21.7 Å². The third-order valence-corrected chi connectivity index (χ3v) is 8.82. The van der Waals surface area contributed by atoms with Gasteiger partial charge in [-0.1, -0.05) is 54.1 Å². The summed E-state index contributed by atoms with van der Waals surface area (Å²) in [6, 6.07) is 11.0. The predicted molar refractivity (Wildman–Crippen MR) is 172 cm³/mol. The van der Waals surface area contributed by atoms with Gasteiger partial charge in [-0.3, -0.25) is 14.6 Å². The van der Waals surface area contributed by atoms with Gasteiger partial charge in [0, 0.05) is 29.6 Å². The van der Waals surface area contributed by atoms with E-state index in [1.807, 2.05) is 62.4 Å². The number of furan rings is 1. The van der Waals surface area contributed by atoms with E-state index in [4.69, 9.17) is 21.0 Å². The number of aliphatic imine (C=N–C) groups is 1. The van der Waals surface area contributed by atoms with Gasteiger partial charge in [0.2, 0.25) is 5.91 Å². The lowest BCUT2D eigenvalue weighted by molar-refractivity contribution is -0.138. The fraction of sp³-hybridized carbons (Fsp3) is 0.343. The summed E-state index contributed by atoms with van der Waals surface area (Å²) in [4.78, 5) is 32.5. The summed E-state index contributed by atoms with van der Waals surface area (Å²) in [6.45, 7) is 9.69. The lowest BCUT2D eigenvalue weighted by Gasteiger charge is -2.35. The van der Waals surface area contributed by atoms with Crippen LogP contribution < -0.4 is 5.32 Å². The number of allylic oxidation sites excluding steroid dienone is 7. The molecule has 1 aliphatic carbocycles. The van der Waals surface area contributed by atoms with E-state index in [1.54, 1.807) is 43.9 Å². The Morgan fingerprint density at radius 3 is 2.64 bits per heavy atom. The Hall–Kier alpha value is -4.14. The maximum absolute atomic E-state index is 14.5. The molecule has 9 heteroatoms. The van der Waals surface area contributed by atoms with Crippen molar-refractivity contribution in [3.63, 3.8) is 0 Å². The average Bonchev–Trinajstić information content (AvgIpc) is 3.47. The number of amides is 1. The van der Waals surface area contributed by atoms with Crippen molar-refractivity contribution in [1.29, 1.82) is 0 Å². The number of benzene rings is 1. The second-order valence-electron chi connectivity index (χ2n) is 12.1. The van der Waals surface area contributed by atoms with E-state index in [0.29, 0.717) is 34.4 Å². The van der Waals surface area contributed by atoms with Gasteiger partial charge in [-0.25, -0.2) is 0 Å². The minimum atomic E-state index is -1.16. The Kier molecular flexibility index (Phi) is 8.86. The van der Waals surface area contributed by atoms with Crippen molar-refractivity contribution in [1.82, 2.24) is 10.2 Å². The topological polar surface area (TPSA) is 115 Å². The molecule has 0 radical (unpaired) electrons. The van der Waals surface area contributed by atoms with E-state index in [-0.39, 0.29) is 24.9 Å². The maximum atomic E-state index is 14.5. The van der Waals surface area contributed by atoms with Crippen molar-refractivity contribution in [3.8, 4) is 0 Å². The number of fused-ring (bicyclic) bond motifs is 1. The number of nitrogens with zero attached hydrogens (tertiary/aromatic N) is 2. The van der Waals surface area contributed by atoms with Crippen LogP contribution >= 0.6 is 11.6 Å². The maximum Gasteiger partial charge on any atom is 0.310 e. The molecule has 3 unspecified atom stereocenters. The van der Waals surface area contributed by atoms with Gasteiger partial charge in [0.15, 0.2) is 0 Å². The minimum Gasteiger partial charge on any atom is -0.481 e. The second-order valence-corrected chi connectivity index (χ2v) is 12.5. The lowest BCUT2D eigenvalue weighted by Crippen LogP contribution is -2.44. The average molecular weight is 616 g/mol. The molecule has 1 aromatic carbocycles. The van der Waals surface area contributed by atoms with Crippen LogP contribution in [0, 0.1) is 11.8 Å². The zero-order chi connectivity index (χ0) is 31.8. The zero-order valence-electron chi connectivity index (χ0n) is 25.6. The van der Waals surface area contributed by atoms with Crippen LogP contribution in [0.4, 0.5) is 0 Å². The van der Waals surface area contributed by atoms with Gasteiger partial charge in [0.1, 0.15) is 17.1 Å². The van der Waals surface area contributed by atoms with Crippen LogP contribution in [-0.4, -0.2) is 45.8 Å². The largest absolute Gasteiger partial charge is 0.481 e. The number of hydrogen-bond acceptors (Lipinski definition) is 6. The predicted octanol–water partition coefficient (Wildman–Crippen LogP) is 6.27. The first-order valence-electron chi connectivity index (χ1n) is 14.7. The SMILES string of the molecule is CC1=C(C)C(C(=O)N(CC2=C(Cl)C=C(c3cccc(C(C)C(=O)O)c3)CN2)Cc2ccc(C(C)(C)O)o2)C2C=CC=CC2=N1. The van der Waals surface area contributed by atoms with E-state index in [1.165, 1.54) is 0 Å².